The number of pyridine rings is 1. The molecule has 1 heterocycles. The molecular formula is C20H24ClN3O. The highest BCUT2D eigenvalue weighted by molar-refractivity contribution is 6.31. The van der Waals surface area contributed by atoms with Crippen molar-refractivity contribution in [1.82, 2.24) is 10.3 Å². The summed E-state index contributed by atoms with van der Waals surface area (Å²) in [6.07, 6.45) is 9.26. The highest BCUT2D eigenvalue weighted by atomic mass is 35.5. The molecule has 0 bridgehead atoms. The van der Waals surface area contributed by atoms with Gasteiger partial charge in [0.2, 0.25) is 0 Å². The van der Waals surface area contributed by atoms with Crippen LogP contribution in [0.5, 0.6) is 0 Å². The summed E-state index contributed by atoms with van der Waals surface area (Å²) in [5, 5.41) is 7.09. The average molecular weight is 358 g/mol. The van der Waals surface area contributed by atoms with Crippen LogP contribution in [-0.4, -0.2) is 16.9 Å². The first kappa shape index (κ1) is 17.7. The Balaban J connectivity index is 1.60. The minimum Gasteiger partial charge on any atom is -0.382 e. The summed E-state index contributed by atoms with van der Waals surface area (Å²) < 4.78 is 0. The lowest BCUT2D eigenvalue weighted by atomic mass is 10.1. The molecule has 0 atom stereocenters. The number of hydrogen-bond acceptors (Lipinski definition) is 3. The molecule has 3 rings (SSSR count). The number of halogens is 1. The van der Waals surface area contributed by atoms with Gasteiger partial charge >= 0.3 is 0 Å². The summed E-state index contributed by atoms with van der Waals surface area (Å²) in [6, 6.07) is 11.7. The quantitative estimate of drug-likeness (QED) is 0.756. The van der Waals surface area contributed by atoms with Gasteiger partial charge in [-0.3, -0.25) is 9.78 Å². The van der Waals surface area contributed by atoms with Crippen molar-refractivity contribution in [3.05, 3.63) is 58.9 Å². The largest absolute Gasteiger partial charge is 0.382 e. The zero-order valence-electron chi connectivity index (χ0n) is 14.3. The highest BCUT2D eigenvalue weighted by Gasteiger charge is 2.13. The molecule has 1 aliphatic rings. The maximum absolute atomic E-state index is 12.4. The van der Waals surface area contributed by atoms with Gasteiger partial charge in [0.15, 0.2) is 0 Å². The maximum atomic E-state index is 12.4. The monoisotopic (exact) mass is 357 g/mol. The first-order valence-corrected chi connectivity index (χ1v) is 9.34. The lowest BCUT2D eigenvalue weighted by Crippen LogP contribution is -2.24. The minimum atomic E-state index is -0.190. The molecule has 2 N–H and O–H groups in total. The molecule has 1 fully saturated rings. The predicted molar refractivity (Wildman–Crippen MR) is 102 cm³/mol. The number of nitrogens with zero attached hydrogens (tertiary/aromatic N) is 1. The molecule has 132 valence electrons. The molecule has 0 spiro atoms. The summed E-state index contributed by atoms with van der Waals surface area (Å²) in [7, 11) is 0. The number of anilines is 1. The van der Waals surface area contributed by atoms with Crippen LogP contribution in [0.2, 0.25) is 5.02 Å². The Hall–Kier alpha value is -2.07. The number of nitrogens with one attached hydrogen (secondary N) is 2. The van der Waals surface area contributed by atoms with Gasteiger partial charge in [0.25, 0.3) is 5.91 Å². The molecule has 0 unspecified atom stereocenters. The Labute approximate surface area is 154 Å². The van der Waals surface area contributed by atoms with Gasteiger partial charge in [-0.2, -0.15) is 0 Å². The van der Waals surface area contributed by atoms with Gasteiger partial charge in [-0.15, -0.1) is 0 Å². The molecular weight excluding hydrogens is 334 g/mol. The van der Waals surface area contributed by atoms with Crippen LogP contribution in [0.15, 0.2) is 42.6 Å². The molecule has 0 aliphatic heterocycles. The fourth-order valence-electron chi connectivity index (χ4n) is 3.21. The zero-order valence-corrected chi connectivity index (χ0v) is 15.1. The van der Waals surface area contributed by atoms with E-state index in [-0.39, 0.29) is 5.91 Å². The minimum absolute atomic E-state index is 0.190. The Morgan fingerprint density at radius 2 is 1.88 bits per heavy atom. The molecule has 5 heteroatoms. The van der Waals surface area contributed by atoms with E-state index < -0.39 is 0 Å². The topological polar surface area (TPSA) is 54.0 Å². The van der Waals surface area contributed by atoms with Crippen molar-refractivity contribution in [2.75, 3.05) is 5.32 Å². The second kappa shape index (κ2) is 8.86. The number of aromatic nitrogens is 1. The fraction of sp³-hybridized carbons (Fsp3) is 0.400. The van der Waals surface area contributed by atoms with E-state index in [1.54, 1.807) is 6.20 Å². The van der Waals surface area contributed by atoms with Crippen molar-refractivity contribution in [3.63, 3.8) is 0 Å². The van der Waals surface area contributed by atoms with Crippen LogP contribution in [0.3, 0.4) is 0 Å². The van der Waals surface area contributed by atoms with Crippen molar-refractivity contribution in [2.45, 2.75) is 51.1 Å². The summed E-state index contributed by atoms with van der Waals surface area (Å²) in [5.41, 5.74) is 2.28. The van der Waals surface area contributed by atoms with Crippen LogP contribution in [0, 0.1) is 0 Å². The van der Waals surface area contributed by atoms with Crippen LogP contribution in [0.25, 0.3) is 0 Å². The van der Waals surface area contributed by atoms with Crippen LogP contribution in [0.1, 0.15) is 54.6 Å². The smallest absolute Gasteiger partial charge is 0.270 e. The van der Waals surface area contributed by atoms with Gasteiger partial charge in [0.05, 0.1) is 0 Å². The summed E-state index contributed by atoms with van der Waals surface area (Å²) in [6.45, 7) is 0.389. The SMILES string of the molecule is O=C(NCc1ccccc1Cl)c1cc(NC2CCCCCC2)ccn1. The van der Waals surface area contributed by atoms with E-state index in [0.29, 0.717) is 23.3 Å². The van der Waals surface area contributed by atoms with Gasteiger partial charge in [0.1, 0.15) is 5.69 Å². The van der Waals surface area contributed by atoms with Crippen molar-refractivity contribution >= 4 is 23.2 Å². The third-order valence-corrected chi connectivity index (χ3v) is 4.98. The van der Waals surface area contributed by atoms with Crippen molar-refractivity contribution in [3.8, 4) is 0 Å². The number of hydrogen-bond donors (Lipinski definition) is 2. The van der Waals surface area contributed by atoms with Gasteiger partial charge in [0, 0.05) is 29.5 Å². The highest BCUT2D eigenvalue weighted by Crippen LogP contribution is 2.21. The molecule has 2 aromatic rings. The molecule has 1 saturated carbocycles. The van der Waals surface area contributed by atoms with E-state index in [1.165, 1.54) is 38.5 Å². The van der Waals surface area contributed by atoms with E-state index in [0.717, 1.165) is 11.3 Å². The van der Waals surface area contributed by atoms with Crippen LogP contribution in [0.4, 0.5) is 5.69 Å². The molecule has 1 aromatic heterocycles. The van der Waals surface area contributed by atoms with Crippen LogP contribution in [-0.2, 0) is 6.54 Å². The Morgan fingerprint density at radius 1 is 1.12 bits per heavy atom. The fourth-order valence-corrected chi connectivity index (χ4v) is 3.41. The van der Waals surface area contributed by atoms with Crippen LogP contribution >= 0.6 is 11.6 Å². The van der Waals surface area contributed by atoms with Crippen molar-refractivity contribution in [2.24, 2.45) is 0 Å². The molecule has 4 nitrogen and oxygen atoms in total. The maximum Gasteiger partial charge on any atom is 0.270 e. The summed E-state index contributed by atoms with van der Waals surface area (Å²) in [5.74, 6) is -0.190. The Kier molecular flexibility index (Phi) is 6.29. The standard InChI is InChI=1S/C20H24ClN3O/c21-18-10-6-5-7-15(18)14-23-20(25)19-13-17(11-12-22-19)24-16-8-3-1-2-4-9-16/h5-7,10-13,16H,1-4,8-9,14H2,(H,22,24)(H,23,25). The summed E-state index contributed by atoms with van der Waals surface area (Å²) >= 11 is 6.12. The Bertz CT molecular complexity index is 712. The van der Waals surface area contributed by atoms with E-state index in [1.807, 2.05) is 36.4 Å². The average Bonchev–Trinajstić information content (AvgIpc) is 2.90. The summed E-state index contributed by atoms with van der Waals surface area (Å²) in [4.78, 5) is 16.6. The van der Waals surface area contributed by atoms with Crippen molar-refractivity contribution < 1.29 is 4.79 Å². The molecule has 0 radical (unpaired) electrons. The predicted octanol–water partition coefficient (Wildman–Crippen LogP) is 4.80. The van der Waals surface area contributed by atoms with Gasteiger partial charge in [-0.05, 0) is 36.6 Å². The number of benzene rings is 1. The first-order chi connectivity index (χ1) is 12.2. The molecule has 1 aromatic carbocycles. The van der Waals surface area contributed by atoms with E-state index >= 15 is 0 Å². The number of carbonyl (C=O) groups excluding carboxylic acids is 1. The van der Waals surface area contributed by atoms with Gasteiger partial charge < -0.3 is 10.6 Å². The first-order valence-electron chi connectivity index (χ1n) is 8.96. The number of amides is 1. The number of carbonyl (C=O) groups is 1. The third kappa shape index (κ3) is 5.20. The molecule has 0 saturated heterocycles. The lowest BCUT2D eigenvalue weighted by molar-refractivity contribution is 0.0946. The third-order valence-electron chi connectivity index (χ3n) is 4.62. The van der Waals surface area contributed by atoms with Gasteiger partial charge in [-0.1, -0.05) is 55.5 Å². The molecule has 25 heavy (non-hydrogen) atoms. The zero-order chi connectivity index (χ0) is 17.5. The second-order valence-corrected chi connectivity index (χ2v) is 6.94. The van der Waals surface area contributed by atoms with E-state index in [2.05, 4.69) is 15.6 Å². The normalized spacial score (nSPS) is 15.4. The van der Waals surface area contributed by atoms with E-state index in [4.69, 9.17) is 11.6 Å². The van der Waals surface area contributed by atoms with E-state index in [9.17, 15) is 4.79 Å². The molecule has 1 aliphatic carbocycles. The van der Waals surface area contributed by atoms with Crippen LogP contribution < -0.4 is 10.6 Å². The Morgan fingerprint density at radius 3 is 2.64 bits per heavy atom. The molecule has 1 amide bonds. The number of rotatable bonds is 5. The lowest BCUT2D eigenvalue weighted by Gasteiger charge is -2.18. The van der Waals surface area contributed by atoms with Gasteiger partial charge in [-0.25, -0.2) is 0 Å². The van der Waals surface area contributed by atoms with Crippen molar-refractivity contribution in [1.29, 1.82) is 0 Å². The second-order valence-electron chi connectivity index (χ2n) is 6.54.